The summed E-state index contributed by atoms with van der Waals surface area (Å²) in [4.78, 5) is 33.9. The number of benzene rings is 1. The van der Waals surface area contributed by atoms with Gasteiger partial charge in [0.2, 0.25) is 0 Å². The largest absolute Gasteiger partial charge is 0.478 e. The molecule has 0 saturated carbocycles. The minimum atomic E-state index is -1.36. The summed E-state index contributed by atoms with van der Waals surface area (Å²) < 4.78 is 5.01. The molecule has 1 aromatic carbocycles. The molecule has 0 radical (unpaired) electrons. The normalized spacial score (nSPS) is 12.9. The Hall–Kier alpha value is -2.67. The number of carboxylic acids is 2. The molecule has 0 spiro atoms. The van der Waals surface area contributed by atoms with Crippen LogP contribution in [0.2, 0.25) is 0 Å². The number of rotatable bonds is 9. The van der Waals surface area contributed by atoms with E-state index in [4.69, 9.17) is 9.84 Å². The Bertz CT molecular complexity index is 678. The van der Waals surface area contributed by atoms with Crippen molar-refractivity contribution in [3.8, 4) is 0 Å². The van der Waals surface area contributed by atoms with Gasteiger partial charge >= 0.3 is 17.9 Å². The third kappa shape index (κ3) is 6.04. The van der Waals surface area contributed by atoms with Gasteiger partial charge in [0.25, 0.3) is 0 Å². The lowest BCUT2D eigenvalue weighted by Crippen LogP contribution is -2.21. The first-order chi connectivity index (χ1) is 11.6. The number of ether oxygens (including phenoxy) is 1. The van der Waals surface area contributed by atoms with Gasteiger partial charge in [0.05, 0.1) is 23.8 Å². The van der Waals surface area contributed by atoms with Crippen LogP contribution in [0.4, 0.5) is 0 Å². The van der Waals surface area contributed by atoms with Gasteiger partial charge in [0, 0.05) is 5.57 Å². The molecule has 0 fully saturated rings. The van der Waals surface area contributed by atoms with E-state index in [1.807, 2.05) is 0 Å². The lowest BCUT2D eigenvalue weighted by Gasteiger charge is -2.18. The Morgan fingerprint density at radius 1 is 1.20 bits per heavy atom. The zero-order chi connectivity index (χ0) is 19.1. The number of carbonyl (C=O) groups excluding carboxylic acids is 1. The highest BCUT2D eigenvalue weighted by Gasteiger charge is 2.22. The summed E-state index contributed by atoms with van der Waals surface area (Å²) in [5, 5.41) is 28.6. The fourth-order valence-electron chi connectivity index (χ4n) is 2.41. The second-order valence-corrected chi connectivity index (χ2v) is 6.03. The maximum Gasteiger partial charge on any atom is 0.336 e. The minimum absolute atomic E-state index is 0.0124. The molecule has 1 aromatic rings. The van der Waals surface area contributed by atoms with Crippen LogP contribution in [0.15, 0.2) is 30.4 Å². The number of aromatic carboxylic acids is 2. The van der Waals surface area contributed by atoms with E-state index < -0.39 is 24.0 Å². The molecule has 3 N–H and O–H groups in total. The molecule has 0 amide bonds. The average Bonchev–Trinajstić information content (AvgIpc) is 2.51. The minimum Gasteiger partial charge on any atom is -0.478 e. The first kappa shape index (κ1) is 20.4. The predicted molar refractivity (Wildman–Crippen MR) is 89.6 cm³/mol. The molecule has 0 aliphatic carbocycles. The second kappa shape index (κ2) is 8.98. The van der Waals surface area contributed by atoms with Crippen molar-refractivity contribution in [2.24, 2.45) is 5.92 Å². The third-order valence-corrected chi connectivity index (χ3v) is 3.57. The molecule has 0 bridgehead atoms. The lowest BCUT2D eigenvalue weighted by molar-refractivity contribution is -0.140. The lowest BCUT2D eigenvalue weighted by atomic mass is 9.93. The van der Waals surface area contributed by atoms with E-state index in [0.717, 1.165) is 0 Å². The molecular weight excluding hydrogens is 328 g/mol. The van der Waals surface area contributed by atoms with Crippen LogP contribution >= 0.6 is 0 Å². The van der Waals surface area contributed by atoms with Crippen molar-refractivity contribution in [3.63, 3.8) is 0 Å². The molecule has 1 rings (SSSR count). The smallest absolute Gasteiger partial charge is 0.336 e. The highest BCUT2D eigenvalue weighted by atomic mass is 16.5. The van der Waals surface area contributed by atoms with E-state index in [1.165, 1.54) is 25.1 Å². The summed E-state index contributed by atoms with van der Waals surface area (Å²) in [6, 6.07) is 4.13. The number of esters is 1. The first-order valence-electron chi connectivity index (χ1n) is 7.72. The van der Waals surface area contributed by atoms with Crippen molar-refractivity contribution in [1.29, 1.82) is 0 Å². The highest BCUT2D eigenvalue weighted by molar-refractivity contribution is 6.02. The fraction of sp³-hybridized carbons (Fsp3) is 0.389. The Morgan fingerprint density at radius 3 is 2.36 bits per heavy atom. The van der Waals surface area contributed by atoms with Crippen LogP contribution in [0.1, 0.15) is 46.5 Å². The molecular formula is C18H22O7. The Balaban J connectivity index is 2.77. The van der Waals surface area contributed by atoms with Crippen LogP contribution in [-0.2, 0) is 16.0 Å². The zero-order valence-corrected chi connectivity index (χ0v) is 14.2. The molecule has 0 heterocycles. The monoisotopic (exact) mass is 350 g/mol. The van der Waals surface area contributed by atoms with Crippen LogP contribution < -0.4 is 0 Å². The van der Waals surface area contributed by atoms with Crippen molar-refractivity contribution in [1.82, 2.24) is 0 Å². The van der Waals surface area contributed by atoms with Crippen LogP contribution in [0.3, 0.4) is 0 Å². The number of carboxylic acid groups (broad SMARTS) is 2. The van der Waals surface area contributed by atoms with Gasteiger partial charge < -0.3 is 20.1 Å². The molecule has 2 unspecified atom stereocenters. The van der Waals surface area contributed by atoms with Gasteiger partial charge in [-0.25, -0.2) is 14.4 Å². The van der Waals surface area contributed by atoms with E-state index in [-0.39, 0.29) is 47.6 Å². The topological polar surface area (TPSA) is 121 Å². The van der Waals surface area contributed by atoms with Crippen LogP contribution in [0, 0.1) is 5.92 Å². The van der Waals surface area contributed by atoms with Crippen molar-refractivity contribution in [3.05, 3.63) is 47.0 Å². The maximum absolute atomic E-state index is 11.4. The standard InChI is InChI=1S/C18H22O7/c1-10(2)18(24)25-9-11(3)7-13(19)8-12-5-4-6-14(16(20)21)15(12)17(22)23/h4-6,11,13,19H,1,7-9H2,2-3H3,(H,20,21)(H,22,23). The molecule has 0 saturated heterocycles. The molecule has 0 aromatic heterocycles. The van der Waals surface area contributed by atoms with Gasteiger partial charge in [-0.2, -0.15) is 0 Å². The van der Waals surface area contributed by atoms with Gasteiger partial charge in [-0.15, -0.1) is 0 Å². The number of hydrogen-bond donors (Lipinski definition) is 3. The summed E-state index contributed by atoms with van der Waals surface area (Å²) in [5.41, 5.74) is -0.119. The van der Waals surface area contributed by atoms with Crippen LogP contribution in [0.5, 0.6) is 0 Å². The van der Waals surface area contributed by atoms with Crippen molar-refractivity contribution in [2.75, 3.05) is 6.61 Å². The number of hydrogen-bond acceptors (Lipinski definition) is 5. The Labute approximate surface area is 145 Å². The van der Waals surface area contributed by atoms with E-state index >= 15 is 0 Å². The number of aliphatic hydroxyl groups is 1. The van der Waals surface area contributed by atoms with Crippen molar-refractivity contribution >= 4 is 17.9 Å². The highest BCUT2D eigenvalue weighted by Crippen LogP contribution is 2.19. The number of aliphatic hydroxyl groups excluding tert-OH is 1. The predicted octanol–water partition coefficient (Wildman–Crippen LogP) is 2.13. The number of carbonyl (C=O) groups is 3. The summed E-state index contributed by atoms with van der Waals surface area (Å²) in [5.74, 6) is -3.37. The Morgan fingerprint density at radius 2 is 1.84 bits per heavy atom. The van der Waals surface area contributed by atoms with Gasteiger partial charge in [0.15, 0.2) is 0 Å². The van der Waals surface area contributed by atoms with E-state index in [1.54, 1.807) is 6.92 Å². The summed E-state index contributed by atoms with van der Waals surface area (Å²) >= 11 is 0. The summed E-state index contributed by atoms with van der Waals surface area (Å²) in [6.07, 6.45) is -0.651. The Kier molecular flexibility index (Phi) is 7.32. The van der Waals surface area contributed by atoms with E-state index in [2.05, 4.69) is 6.58 Å². The quantitative estimate of drug-likeness (QED) is 0.461. The molecule has 7 nitrogen and oxygen atoms in total. The van der Waals surface area contributed by atoms with Gasteiger partial charge in [-0.05, 0) is 37.3 Å². The maximum atomic E-state index is 11.4. The molecule has 0 aliphatic heterocycles. The molecule has 136 valence electrons. The summed E-state index contributed by atoms with van der Waals surface area (Å²) in [7, 11) is 0. The SMILES string of the molecule is C=C(C)C(=O)OCC(C)CC(O)Cc1cccc(C(=O)O)c1C(=O)O. The molecule has 7 heteroatoms. The summed E-state index contributed by atoms with van der Waals surface area (Å²) in [6.45, 7) is 6.88. The van der Waals surface area contributed by atoms with Crippen molar-refractivity contribution < 1.29 is 34.4 Å². The van der Waals surface area contributed by atoms with E-state index in [9.17, 15) is 24.6 Å². The van der Waals surface area contributed by atoms with Gasteiger partial charge in [0.1, 0.15) is 0 Å². The zero-order valence-electron chi connectivity index (χ0n) is 14.2. The fourth-order valence-corrected chi connectivity index (χ4v) is 2.41. The van der Waals surface area contributed by atoms with Crippen molar-refractivity contribution in [2.45, 2.75) is 32.8 Å². The van der Waals surface area contributed by atoms with Crippen LogP contribution in [0.25, 0.3) is 0 Å². The van der Waals surface area contributed by atoms with E-state index in [0.29, 0.717) is 0 Å². The molecule has 2 atom stereocenters. The molecule has 0 aliphatic rings. The van der Waals surface area contributed by atoms with Gasteiger partial charge in [-0.1, -0.05) is 25.6 Å². The third-order valence-electron chi connectivity index (χ3n) is 3.57. The first-order valence-corrected chi connectivity index (χ1v) is 7.72. The average molecular weight is 350 g/mol. The molecule has 25 heavy (non-hydrogen) atoms. The second-order valence-electron chi connectivity index (χ2n) is 6.03. The van der Waals surface area contributed by atoms with Gasteiger partial charge in [-0.3, -0.25) is 0 Å². The van der Waals surface area contributed by atoms with Crippen LogP contribution in [-0.4, -0.2) is 45.9 Å².